The van der Waals surface area contributed by atoms with Crippen LogP contribution >= 0.6 is 0 Å². The number of aromatic nitrogens is 1. The second kappa shape index (κ2) is 8.28. The van der Waals surface area contributed by atoms with Crippen molar-refractivity contribution >= 4 is 29.7 Å². The first-order chi connectivity index (χ1) is 11.5. The highest BCUT2D eigenvalue weighted by Crippen LogP contribution is 2.07. The molecule has 0 radical (unpaired) electrons. The third-order valence-corrected chi connectivity index (χ3v) is 2.68. The second-order valence-electron chi connectivity index (χ2n) is 4.66. The maximum Gasteiger partial charge on any atom is 0.355 e. The Morgan fingerprint density at radius 3 is 2.58 bits per heavy atom. The van der Waals surface area contributed by atoms with Crippen molar-refractivity contribution in [3.05, 3.63) is 53.9 Å². The molecule has 1 aromatic heterocycles. The number of nitrogens with one attached hydrogen (secondary N) is 2. The zero-order chi connectivity index (χ0) is 17.4. The molecule has 0 fully saturated rings. The number of carbonyl (C=O) groups excluding carboxylic acids is 3. The van der Waals surface area contributed by atoms with E-state index in [1.807, 2.05) is 6.07 Å². The first-order valence-corrected chi connectivity index (χ1v) is 6.96. The Morgan fingerprint density at radius 2 is 1.96 bits per heavy atom. The maximum absolute atomic E-state index is 12.1. The summed E-state index contributed by atoms with van der Waals surface area (Å²) < 4.78 is 9.46. The van der Waals surface area contributed by atoms with E-state index >= 15 is 0 Å². The van der Waals surface area contributed by atoms with E-state index in [-0.39, 0.29) is 11.5 Å². The summed E-state index contributed by atoms with van der Waals surface area (Å²) in [7, 11) is 0. The molecular formula is C16H15N3O5. The second-order valence-corrected chi connectivity index (χ2v) is 4.66. The molecule has 0 bridgehead atoms. The lowest BCUT2D eigenvalue weighted by Crippen LogP contribution is -2.28. The average molecular weight is 329 g/mol. The standard InChI is InChI=1S/C16H15N3O5/c1-11(20)17-13(9-12-5-3-2-4-6-12)16(22)23-10-15(21)18-14-7-8-24-19-14/h2-9H,10H2,1H3,(H,17,20)(H,18,19,21). The van der Waals surface area contributed by atoms with Crippen LogP contribution < -0.4 is 10.6 Å². The highest BCUT2D eigenvalue weighted by Gasteiger charge is 2.15. The van der Waals surface area contributed by atoms with Gasteiger partial charge >= 0.3 is 5.97 Å². The maximum atomic E-state index is 12.1. The van der Waals surface area contributed by atoms with Crippen molar-refractivity contribution in [1.29, 1.82) is 0 Å². The summed E-state index contributed by atoms with van der Waals surface area (Å²) in [5, 5.41) is 8.26. The number of rotatable bonds is 6. The molecule has 2 amide bonds. The molecule has 0 atom stereocenters. The molecule has 8 nitrogen and oxygen atoms in total. The van der Waals surface area contributed by atoms with Gasteiger partial charge in [0, 0.05) is 13.0 Å². The number of amides is 2. The predicted molar refractivity (Wildman–Crippen MR) is 84.3 cm³/mol. The van der Waals surface area contributed by atoms with Gasteiger partial charge in [-0.1, -0.05) is 35.5 Å². The summed E-state index contributed by atoms with van der Waals surface area (Å²) in [6.07, 6.45) is 2.75. The largest absolute Gasteiger partial charge is 0.451 e. The van der Waals surface area contributed by atoms with Crippen molar-refractivity contribution in [3.63, 3.8) is 0 Å². The van der Waals surface area contributed by atoms with Crippen molar-refractivity contribution in [1.82, 2.24) is 10.5 Å². The van der Waals surface area contributed by atoms with Crippen molar-refractivity contribution < 1.29 is 23.6 Å². The van der Waals surface area contributed by atoms with Gasteiger partial charge in [0.15, 0.2) is 12.4 Å². The van der Waals surface area contributed by atoms with Crippen LogP contribution in [0.5, 0.6) is 0 Å². The number of carbonyl (C=O) groups is 3. The minimum Gasteiger partial charge on any atom is -0.451 e. The Kier molecular flexibility index (Phi) is 5.84. The summed E-state index contributed by atoms with van der Waals surface area (Å²) in [5.74, 6) is -1.64. The van der Waals surface area contributed by atoms with E-state index in [4.69, 9.17) is 4.74 Å². The first-order valence-electron chi connectivity index (χ1n) is 6.96. The molecule has 1 heterocycles. The van der Waals surface area contributed by atoms with Crippen molar-refractivity contribution in [3.8, 4) is 0 Å². The monoisotopic (exact) mass is 329 g/mol. The Balaban J connectivity index is 1.98. The summed E-state index contributed by atoms with van der Waals surface area (Å²) in [6.45, 7) is 0.737. The zero-order valence-corrected chi connectivity index (χ0v) is 12.8. The average Bonchev–Trinajstić information content (AvgIpc) is 3.05. The summed E-state index contributed by atoms with van der Waals surface area (Å²) in [5.41, 5.74) is 0.633. The van der Waals surface area contributed by atoms with Crippen LogP contribution in [0.2, 0.25) is 0 Å². The molecule has 0 unspecified atom stereocenters. The van der Waals surface area contributed by atoms with Crippen LogP contribution in [0.1, 0.15) is 12.5 Å². The fraction of sp³-hybridized carbons (Fsp3) is 0.125. The predicted octanol–water partition coefficient (Wildman–Crippen LogP) is 1.33. The number of nitrogens with zero attached hydrogens (tertiary/aromatic N) is 1. The molecule has 2 rings (SSSR count). The molecular weight excluding hydrogens is 314 g/mol. The van der Waals surface area contributed by atoms with Gasteiger partial charge in [0.2, 0.25) is 5.91 Å². The van der Waals surface area contributed by atoms with E-state index in [2.05, 4.69) is 20.3 Å². The molecule has 0 saturated heterocycles. The molecule has 8 heteroatoms. The Labute approximate surface area is 137 Å². The summed E-state index contributed by atoms with van der Waals surface area (Å²) in [4.78, 5) is 35.0. The lowest BCUT2D eigenvalue weighted by molar-refractivity contribution is -0.144. The number of hydrogen-bond acceptors (Lipinski definition) is 6. The molecule has 2 N–H and O–H groups in total. The normalized spacial score (nSPS) is 10.8. The Hall–Kier alpha value is -3.42. The van der Waals surface area contributed by atoms with Crippen molar-refractivity contribution in [2.24, 2.45) is 0 Å². The third-order valence-electron chi connectivity index (χ3n) is 2.68. The van der Waals surface area contributed by atoms with Crippen LogP contribution in [0.4, 0.5) is 5.82 Å². The van der Waals surface area contributed by atoms with E-state index in [1.54, 1.807) is 24.3 Å². The van der Waals surface area contributed by atoms with Gasteiger partial charge in [-0.2, -0.15) is 0 Å². The van der Waals surface area contributed by atoms with E-state index in [1.165, 1.54) is 25.3 Å². The van der Waals surface area contributed by atoms with E-state index in [0.29, 0.717) is 5.56 Å². The Morgan fingerprint density at radius 1 is 1.21 bits per heavy atom. The highest BCUT2D eigenvalue weighted by molar-refractivity contribution is 5.99. The third kappa shape index (κ3) is 5.41. The van der Waals surface area contributed by atoms with Crippen LogP contribution in [0.25, 0.3) is 6.08 Å². The smallest absolute Gasteiger partial charge is 0.355 e. The number of benzene rings is 1. The lowest BCUT2D eigenvalue weighted by Gasteiger charge is -2.08. The molecule has 0 aliphatic carbocycles. The lowest BCUT2D eigenvalue weighted by atomic mass is 10.2. The molecule has 24 heavy (non-hydrogen) atoms. The van der Waals surface area contributed by atoms with E-state index in [0.717, 1.165) is 0 Å². The van der Waals surface area contributed by atoms with Crippen LogP contribution in [0, 0.1) is 0 Å². The molecule has 0 aliphatic rings. The van der Waals surface area contributed by atoms with Crippen LogP contribution in [-0.2, 0) is 19.1 Å². The van der Waals surface area contributed by atoms with E-state index < -0.39 is 24.4 Å². The fourth-order valence-electron chi connectivity index (χ4n) is 1.72. The van der Waals surface area contributed by atoms with Crippen molar-refractivity contribution in [2.75, 3.05) is 11.9 Å². The quantitative estimate of drug-likeness (QED) is 0.611. The Bertz CT molecular complexity index is 738. The number of hydrogen-bond donors (Lipinski definition) is 2. The van der Waals surface area contributed by atoms with Gasteiger partial charge in [0.1, 0.15) is 12.0 Å². The molecule has 1 aromatic carbocycles. The number of esters is 1. The van der Waals surface area contributed by atoms with Gasteiger partial charge < -0.3 is 19.9 Å². The van der Waals surface area contributed by atoms with Gasteiger partial charge in [0.25, 0.3) is 5.91 Å². The topological polar surface area (TPSA) is 111 Å². The van der Waals surface area contributed by atoms with Gasteiger partial charge in [-0.05, 0) is 11.6 Å². The number of ether oxygens (including phenoxy) is 1. The summed E-state index contributed by atoms with van der Waals surface area (Å²) in [6, 6.07) is 10.3. The van der Waals surface area contributed by atoms with Gasteiger partial charge in [0.05, 0.1) is 0 Å². The minimum absolute atomic E-state index is 0.0667. The molecule has 0 spiro atoms. The zero-order valence-electron chi connectivity index (χ0n) is 12.8. The van der Waals surface area contributed by atoms with Gasteiger partial charge in [-0.15, -0.1) is 0 Å². The van der Waals surface area contributed by atoms with Crippen LogP contribution in [0.3, 0.4) is 0 Å². The summed E-state index contributed by atoms with van der Waals surface area (Å²) >= 11 is 0. The minimum atomic E-state index is -0.829. The molecule has 124 valence electrons. The first kappa shape index (κ1) is 16.9. The fourth-order valence-corrected chi connectivity index (χ4v) is 1.72. The van der Waals surface area contributed by atoms with Crippen LogP contribution in [-0.4, -0.2) is 29.5 Å². The van der Waals surface area contributed by atoms with E-state index in [9.17, 15) is 14.4 Å². The molecule has 0 aliphatic heterocycles. The highest BCUT2D eigenvalue weighted by atomic mass is 16.5. The van der Waals surface area contributed by atoms with Crippen LogP contribution in [0.15, 0.2) is 52.9 Å². The number of anilines is 1. The molecule has 0 saturated carbocycles. The SMILES string of the molecule is CC(=O)NC(=Cc1ccccc1)C(=O)OCC(=O)Nc1ccon1. The van der Waals surface area contributed by atoms with Crippen molar-refractivity contribution in [2.45, 2.75) is 6.92 Å². The van der Waals surface area contributed by atoms with Gasteiger partial charge in [-0.3, -0.25) is 9.59 Å². The molecule has 2 aromatic rings. The van der Waals surface area contributed by atoms with Gasteiger partial charge in [-0.25, -0.2) is 4.79 Å².